The van der Waals surface area contributed by atoms with E-state index in [0.717, 1.165) is 24.5 Å². The molecule has 0 fully saturated rings. The number of aliphatic imine (C=N–C) groups is 1. The largest absolute Gasteiger partial charge is 0.357 e. The summed E-state index contributed by atoms with van der Waals surface area (Å²) >= 11 is 5.74. The third-order valence-electron chi connectivity index (χ3n) is 2.55. The zero-order valence-electron chi connectivity index (χ0n) is 11.6. The smallest absolute Gasteiger partial charge is 0.191 e. The van der Waals surface area contributed by atoms with Gasteiger partial charge in [0, 0.05) is 18.8 Å². The van der Waals surface area contributed by atoms with E-state index >= 15 is 0 Å². The third kappa shape index (κ3) is 7.57. The van der Waals surface area contributed by atoms with Crippen LogP contribution < -0.4 is 10.6 Å². The lowest BCUT2D eigenvalue weighted by Gasteiger charge is -2.16. The minimum Gasteiger partial charge on any atom is -0.357 e. The summed E-state index contributed by atoms with van der Waals surface area (Å²) in [5.41, 5.74) is 1.04. The standard InChI is InChI=1S/C13H21ClN4.HI/c1-4-10(3)18-13(15-5-2)17-9-11-6-7-12(14)16-8-11;/h6-8,10H,4-5,9H2,1-3H3,(H2,15,17,18);1H. The van der Waals surface area contributed by atoms with Crippen LogP contribution in [-0.2, 0) is 6.54 Å². The van der Waals surface area contributed by atoms with Gasteiger partial charge in [-0.25, -0.2) is 9.98 Å². The van der Waals surface area contributed by atoms with Gasteiger partial charge in [-0.05, 0) is 31.9 Å². The van der Waals surface area contributed by atoms with Crippen LogP contribution in [0.5, 0.6) is 0 Å². The molecule has 2 N–H and O–H groups in total. The van der Waals surface area contributed by atoms with Crippen molar-refractivity contribution >= 4 is 41.5 Å². The molecule has 1 unspecified atom stereocenters. The molecule has 0 aliphatic carbocycles. The van der Waals surface area contributed by atoms with Gasteiger partial charge in [0.25, 0.3) is 0 Å². The van der Waals surface area contributed by atoms with Gasteiger partial charge in [0.2, 0.25) is 0 Å². The van der Waals surface area contributed by atoms with Crippen LogP contribution in [-0.4, -0.2) is 23.5 Å². The van der Waals surface area contributed by atoms with E-state index in [4.69, 9.17) is 11.6 Å². The van der Waals surface area contributed by atoms with Crippen LogP contribution in [0.1, 0.15) is 32.8 Å². The lowest BCUT2D eigenvalue weighted by Crippen LogP contribution is -2.41. The molecule has 1 aromatic rings. The van der Waals surface area contributed by atoms with Crippen molar-refractivity contribution in [3.05, 3.63) is 29.0 Å². The molecule has 0 saturated heterocycles. The highest BCUT2D eigenvalue weighted by molar-refractivity contribution is 14.0. The molecule has 4 nitrogen and oxygen atoms in total. The van der Waals surface area contributed by atoms with Crippen molar-refractivity contribution in [3.63, 3.8) is 0 Å². The van der Waals surface area contributed by atoms with E-state index < -0.39 is 0 Å². The van der Waals surface area contributed by atoms with Gasteiger partial charge in [-0.3, -0.25) is 0 Å². The van der Waals surface area contributed by atoms with Gasteiger partial charge in [0.05, 0.1) is 6.54 Å². The van der Waals surface area contributed by atoms with Crippen LogP contribution in [0.25, 0.3) is 0 Å². The normalized spacial score (nSPS) is 12.5. The fourth-order valence-corrected chi connectivity index (χ4v) is 1.44. The summed E-state index contributed by atoms with van der Waals surface area (Å²) in [5, 5.41) is 7.07. The van der Waals surface area contributed by atoms with Crippen molar-refractivity contribution in [1.29, 1.82) is 0 Å². The maximum Gasteiger partial charge on any atom is 0.191 e. The summed E-state index contributed by atoms with van der Waals surface area (Å²) in [5.74, 6) is 0.835. The average molecular weight is 397 g/mol. The average Bonchev–Trinajstić information content (AvgIpc) is 2.38. The molecule has 0 spiro atoms. The molecule has 1 rings (SSSR count). The fourth-order valence-electron chi connectivity index (χ4n) is 1.33. The molecule has 108 valence electrons. The van der Waals surface area contributed by atoms with E-state index in [9.17, 15) is 0 Å². The number of hydrogen-bond donors (Lipinski definition) is 2. The van der Waals surface area contributed by atoms with E-state index in [-0.39, 0.29) is 24.0 Å². The predicted octanol–water partition coefficient (Wildman–Crippen LogP) is 3.21. The SMILES string of the molecule is CCNC(=NCc1ccc(Cl)nc1)NC(C)CC.I. The van der Waals surface area contributed by atoms with Gasteiger partial charge in [0.15, 0.2) is 5.96 Å². The summed E-state index contributed by atoms with van der Waals surface area (Å²) in [6, 6.07) is 4.12. The lowest BCUT2D eigenvalue weighted by molar-refractivity contribution is 0.624. The Labute approximate surface area is 137 Å². The van der Waals surface area contributed by atoms with Gasteiger partial charge in [-0.15, -0.1) is 24.0 Å². The summed E-state index contributed by atoms with van der Waals surface area (Å²) in [7, 11) is 0. The maximum absolute atomic E-state index is 5.74. The quantitative estimate of drug-likeness (QED) is 0.348. The number of aromatic nitrogens is 1. The second-order valence-electron chi connectivity index (χ2n) is 4.14. The van der Waals surface area contributed by atoms with Gasteiger partial charge in [-0.1, -0.05) is 24.6 Å². The first-order chi connectivity index (χ1) is 8.65. The van der Waals surface area contributed by atoms with Crippen molar-refractivity contribution in [2.24, 2.45) is 4.99 Å². The summed E-state index contributed by atoms with van der Waals surface area (Å²) < 4.78 is 0. The summed E-state index contributed by atoms with van der Waals surface area (Å²) in [6.45, 7) is 7.77. The first kappa shape index (κ1) is 18.4. The number of pyridine rings is 1. The Morgan fingerprint density at radius 1 is 1.42 bits per heavy atom. The molecule has 0 radical (unpaired) electrons. The molecule has 0 amide bonds. The van der Waals surface area contributed by atoms with Crippen molar-refractivity contribution in [3.8, 4) is 0 Å². The number of nitrogens with zero attached hydrogens (tertiary/aromatic N) is 2. The summed E-state index contributed by atoms with van der Waals surface area (Å²) in [6.07, 6.45) is 2.81. The molecule has 0 aliphatic heterocycles. The predicted molar refractivity (Wildman–Crippen MR) is 92.4 cm³/mol. The van der Waals surface area contributed by atoms with E-state index in [1.54, 1.807) is 12.3 Å². The molecule has 0 aromatic carbocycles. The topological polar surface area (TPSA) is 49.3 Å². The Balaban J connectivity index is 0.00000324. The first-order valence-electron chi connectivity index (χ1n) is 6.31. The van der Waals surface area contributed by atoms with Gasteiger partial charge < -0.3 is 10.6 Å². The Morgan fingerprint density at radius 2 is 2.16 bits per heavy atom. The minimum absolute atomic E-state index is 0. The van der Waals surface area contributed by atoms with Crippen LogP contribution in [0.15, 0.2) is 23.3 Å². The van der Waals surface area contributed by atoms with E-state index in [1.807, 2.05) is 6.07 Å². The lowest BCUT2D eigenvalue weighted by atomic mass is 10.3. The van der Waals surface area contributed by atoms with Gasteiger partial charge in [-0.2, -0.15) is 0 Å². The van der Waals surface area contributed by atoms with Crippen molar-refractivity contribution in [2.75, 3.05) is 6.54 Å². The second-order valence-corrected chi connectivity index (χ2v) is 4.53. The Kier molecular flexibility index (Phi) is 9.95. The monoisotopic (exact) mass is 396 g/mol. The van der Waals surface area contributed by atoms with E-state index in [2.05, 4.69) is 41.4 Å². The molecular formula is C13H22ClIN4. The molecule has 0 aliphatic rings. The molecule has 19 heavy (non-hydrogen) atoms. The number of halogens is 2. The first-order valence-corrected chi connectivity index (χ1v) is 6.68. The Bertz CT molecular complexity index is 381. The zero-order valence-corrected chi connectivity index (χ0v) is 14.7. The number of hydrogen-bond acceptors (Lipinski definition) is 2. The molecule has 6 heteroatoms. The van der Waals surface area contributed by atoms with Gasteiger partial charge >= 0.3 is 0 Å². The molecule has 1 aromatic heterocycles. The zero-order chi connectivity index (χ0) is 13.4. The third-order valence-corrected chi connectivity index (χ3v) is 2.77. The Hall–Kier alpha value is -0.560. The highest BCUT2D eigenvalue weighted by Crippen LogP contribution is 2.06. The van der Waals surface area contributed by atoms with Gasteiger partial charge in [0.1, 0.15) is 5.15 Å². The molecule has 1 atom stereocenters. The van der Waals surface area contributed by atoms with Crippen molar-refractivity contribution < 1.29 is 0 Å². The van der Waals surface area contributed by atoms with E-state index in [1.165, 1.54) is 0 Å². The van der Waals surface area contributed by atoms with Crippen LogP contribution in [0.4, 0.5) is 0 Å². The summed E-state index contributed by atoms with van der Waals surface area (Å²) in [4.78, 5) is 8.55. The van der Waals surface area contributed by atoms with E-state index in [0.29, 0.717) is 17.7 Å². The molecule has 0 bridgehead atoms. The maximum atomic E-state index is 5.74. The second kappa shape index (κ2) is 10.3. The number of nitrogens with one attached hydrogen (secondary N) is 2. The number of guanidine groups is 1. The highest BCUT2D eigenvalue weighted by atomic mass is 127. The van der Waals surface area contributed by atoms with Crippen LogP contribution >= 0.6 is 35.6 Å². The fraction of sp³-hybridized carbons (Fsp3) is 0.538. The highest BCUT2D eigenvalue weighted by Gasteiger charge is 2.02. The molecule has 1 heterocycles. The molecular weight excluding hydrogens is 375 g/mol. The van der Waals surface area contributed by atoms with Crippen LogP contribution in [0, 0.1) is 0 Å². The Morgan fingerprint density at radius 3 is 2.68 bits per heavy atom. The van der Waals surface area contributed by atoms with Crippen molar-refractivity contribution in [2.45, 2.75) is 39.8 Å². The van der Waals surface area contributed by atoms with Crippen molar-refractivity contribution in [1.82, 2.24) is 15.6 Å². The minimum atomic E-state index is 0. The molecule has 0 saturated carbocycles. The van der Waals surface area contributed by atoms with Crippen LogP contribution in [0.3, 0.4) is 0 Å². The van der Waals surface area contributed by atoms with Crippen LogP contribution in [0.2, 0.25) is 5.15 Å². The number of rotatable bonds is 5.